The van der Waals surface area contributed by atoms with Gasteiger partial charge in [-0.05, 0) is 25.8 Å². The molecule has 1 saturated heterocycles. The van der Waals surface area contributed by atoms with E-state index in [9.17, 15) is 8.42 Å². The van der Waals surface area contributed by atoms with Crippen molar-refractivity contribution in [2.75, 3.05) is 0 Å². The van der Waals surface area contributed by atoms with Crippen LogP contribution in [0.2, 0.25) is 0 Å². The predicted octanol–water partition coefficient (Wildman–Crippen LogP) is 1.17. The van der Waals surface area contributed by atoms with Crippen LogP contribution in [-0.4, -0.2) is 36.4 Å². The number of hydrogen-bond acceptors (Lipinski definition) is 4. The van der Waals surface area contributed by atoms with Crippen LogP contribution < -0.4 is 0 Å². The highest BCUT2D eigenvalue weighted by atomic mass is 32.2. The molecule has 1 aliphatic carbocycles. The lowest BCUT2D eigenvalue weighted by molar-refractivity contribution is 0.156. The van der Waals surface area contributed by atoms with Crippen LogP contribution in [0.3, 0.4) is 0 Å². The molecule has 1 fully saturated rings. The van der Waals surface area contributed by atoms with Gasteiger partial charge in [0.15, 0.2) is 16.1 Å². The van der Waals surface area contributed by atoms with Crippen molar-refractivity contribution >= 4 is 9.84 Å². The number of epoxide rings is 1. The van der Waals surface area contributed by atoms with Crippen LogP contribution in [0.15, 0.2) is 23.8 Å². The Morgan fingerprint density at radius 3 is 2.71 bits per heavy atom. The summed E-state index contributed by atoms with van der Waals surface area (Å²) in [6, 6.07) is 0. The first-order valence-corrected chi connectivity index (χ1v) is 7.45. The smallest absolute Gasteiger partial charge is 0.182 e. The molecule has 3 unspecified atom stereocenters. The molecule has 5 heteroatoms. The quantitative estimate of drug-likeness (QED) is 0.769. The summed E-state index contributed by atoms with van der Waals surface area (Å²) in [7, 11) is -3.09. The molecule has 3 atom stereocenters. The van der Waals surface area contributed by atoms with Crippen molar-refractivity contribution in [2.24, 2.45) is 0 Å². The molecule has 0 aromatic rings. The summed E-state index contributed by atoms with van der Waals surface area (Å²) < 4.78 is 29.0. The van der Waals surface area contributed by atoms with Crippen LogP contribution in [0.4, 0.5) is 0 Å². The minimum absolute atomic E-state index is 0.161. The van der Waals surface area contributed by atoms with E-state index in [1.807, 2.05) is 12.2 Å². The first kappa shape index (κ1) is 12.8. The van der Waals surface area contributed by atoms with Gasteiger partial charge in [-0.3, -0.25) is 0 Å². The molecule has 1 N–H and O–H groups in total. The van der Waals surface area contributed by atoms with Crippen LogP contribution in [0.1, 0.15) is 26.7 Å². The Morgan fingerprint density at radius 2 is 2.18 bits per heavy atom. The van der Waals surface area contributed by atoms with E-state index in [-0.39, 0.29) is 11.4 Å². The zero-order valence-corrected chi connectivity index (χ0v) is 10.9. The fourth-order valence-electron chi connectivity index (χ4n) is 1.95. The lowest BCUT2D eigenvalue weighted by atomic mass is 10.0. The Morgan fingerprint density at radius 1 is 1.53 bits per heavy atom. The van der Waals surface area contributed by atoms with Crippen molar-refractivity contribution in [3.63, 3.8) is 0 Å². The second-order valence-electron chi connectivity index (χ2n) is 4.83. The van der Waals surface area contributed by atoms with Crippen LogP contribution in [0.25, 0.3) is 0 Å². The van der Waals surface area contributed by atoms with Crippen molar-refractivity contribution in [3.05, 3.63) is 23.8 Å². The van der Waals surface area contributed by atoms with E-state index in [0.29, 0.717) is 12.8 Å². The summed E-state index contributed by atoms with van der Waals surface area (Å²) in [5, 5.41) is 8.29. The predicted molar refractivity (Wildman–Crippen MR) is 65.2 cm³/mol. The van der Waals surface area contributed by atoms with Gasteiger partial charge in [0, 0.05) is 6.42 Å². The lowest BCUT2D eigenvalue weighted by Crippen LogP contribution is -2.28. The van der Waals surface area contributed by atoms with Crippen molar-refractivity contribution < 1.29 is 18.3 Å². The van der Waals surface area contributed by atoms with E-state index in [0.717, 1.165) is 5.57 Å². The van der Waals surface area contributed by atoms with Crippen molar-refractivity contribution in [3.8, 4) is 0 Å². The largest absolute Gasteiger partial charge is 0.366 e. The number of ether oxygens (including phenoxy) is 1. The van der Waals surface area contributed by atoms with Crippen molar-refractivity contribution in [1.29, 1.82) is 0 Å². The van der Waals surface area contributed by atoms with Gasteiger partial charge >= 0.3 is 0 Å². The molecular formula is C12H18O4S. The molecule has 2 rings (SSSR count). The number of rotatable bonds is 4. The normalized spacial score (nSPS) is 32.7. The fourth-order valence-corrected chi connectivity index (χ4v) is 3.39. The molecule has 0 amide bonds. The van der Waals surface area contributed by atoms with Gasteiger partial charge in [0.05, 0.1) is 10.5 Å². The third-order valence-corrected chi connectivity index (χ3v) is 5.66. The third kappa shape index (κ3) is 2.78. The second-order valence-corrected chi connectivity index (χ2v) is 7.55. The zero-order valence-electron chi connectivity index (χ0n) is 10.0. The SMILES string of the molecule is CC(C)S(=O)(=O)C1C=C(CC2OC2O)C=CC1. The van der Waals surface area contributed by atoms with E-state index < -0.39 is 21.4 Å². The van der Waals surface area contributed by atoms with Crippen molar-refractivity contribution in [2.45, 2.75) is 49.6 Å². The molecule has 96 valence electrons. The van der Waals surface area contributed by atoms with Crippen LogP contribution in [0.5, 0.6) is 0 Å². The standard InChI is InChI=1S/C12H18O4S/c1-8(2)17(14,15)10-5-3-4-9(6-10)7-11-12(13)16-11/h3-4,6,8,10-13H,5,7H2,1-2H3. The average molecular weight is 258 g/mol. The van der Waals surface area contributed by atoms with Gasteiger partial charge in [-0.15, -0.1) is 0 Å². The van der Waals surface area contributed by atoms with Gasteiger partial charge in [0.25, 0.3) is 0 Å². The molecule has 1 heterocycles. The summed E-state index contributed by atoms with van der Waals surface area (Å²) in [6.07, 6.45) is 5.89. The van der Waals surface area contributed by atoms with E-state index in [4.69, 9.17) is 9.84 Å². The Labute approximate surface area is 102 Å². The summed E-state index contributed by atoms with van der Waals surface area (Å²) in [6.45, 7) is 3.41. The fraction of sp³-hybridized carbons (Fsp3) is 0.667. The third-order valence-electron chi connectivity index (χ3n) is 3.17. The minimum Gasteiger partial charge on any atom is -0.366 e. The van der Waals surface area contributed by atoms with E-state index in [1.165, 1.54) is 0 Å². The summed E-state index contributed by atoms with van der Waals surface area (Å²) in [5.74, 6) is 0. The Kier molecular flexibility index (Phi) is 3.43. The molecule has 17 heavy (non-hydrogen) atoms. The summed E-state index contributed by atoms with van der Waals surface area (Å²) >= 11 is 0. The molecule has 4 nitrogen and oxygen atoms in total. The molecule has 0 aromatic heterocycles. The Hall–Kier alpha value is -0.650. The van der Waals surface area contributed by atoms with Gasteiger partial charge in [0.1, 0.15) is 6.10 Å². The molecule has 0 spiro atoms. The summed E-state index contributed by atoms with van der Waals surface area (Å²) in [4.78, 5) is 0. The van der Waals surface area contributed by atoms with Crippen molar-refractivity contribution in [1.82, 2.24) is 0 Å². The molecule has 1 aliphatic heterocycles. The Balaban J connectivity index is 2.09. The van der Waals surface area contributed by atoms with Crippen LogP contribution >= 0.6 is 0 Å². The molecule has 0 bridgehead atoms. The highest BCUT2D eigenvalue weighted by Crippen LogP contribution is 2.29. The second kappa shape index (κ2) is 4.55. The van der Waals surface area contributed by atoms with Gasteiger partial charge in [0.2, 0.25) is 0 Å². The van der Waals surface area contributed by atoms with E-state index in [1.54, 1.807) is 19.9 Å². The number of aliphatic hydroxyl groups is 1. The van der Waals surface area contributed by atoms with Gasteiger partial charge in [-0.2, -0.15) is 0 Å². The molecular weight excluding hydrogens is 240 g/mol. The Bertz CT molecular complexity index is 447. The summed E-state index contributed by atoms with van der Waals surface area (Å²) in [5.41, 5.74) is 0.937. The molecule has 0 saturated carbocycles. The highest BCUT2D eigenvalue weighted by Gasteiger charge is 2.37. The topological polar surface area (TPSA) is 66.9 Å². The van der Waals surface area contributed by atoms with E-state index >= 15 is 0 Å². The van der Waals surface area contributed by atoms with Gasteiger partial charge in [-0.1, -0.05) is 18.2 Å². The monoisotopic (exact) mass is 258 g/mol. The maximum atomic E-state index is 12.0. The first-order chi connectivity index (χ1) is 7.91. The number of hydrogen-bond donors (Lipinski definition) is 1. The van der Waals surface area contributed by atoms with Gasteiger partial charge < -0.3 is 9.84 Å². The number of sulfone groups is 1. The highest BCUT2D eigenvalue weighted by molar-refractivity contribution is 7.92. The molecule has 2 aliphatic rings. The van der Waals surface area contributed by atoms with Crippen LogP contribution in [0, 0.1) is 0 Å². The molecule has 0 aromatic carbocycles. The van der Waals surface area contributed by atoms with Gasteiger partial charge in [-0.25, -0.2) is 8.42 Å². The maximum absolute atomic E-state index is 12.0. The van der Waals surface area contributed by atoms with E-state index in [2.05, 4.69) is 0 Å². The minimum atomic E-state index is -3.09. The number of aliphatic hydroxyl groups excluding tert-OH is 1. The molecule has 0 radical (unpaired) electrons. The lowest BCUT2D eigenvalue weighted by Gasteiger charge is -2.19. The number of allylic oxidation sites excluding steroid dienone is 2. The average Bonchev–Trinajstić information content (AvgIpc) is 2.94. The zero-order chi connectivity index (χ0) is 12.6. The van der Waals surface area contributed by atoms with Crippen LogP contribution in [-0.2, 0) is 14.6 Å². The first-order valence-electron chi connectivity index (χ1n) is 5.84. The maximum Gasteiger partial charge on any atom is 0.182 e.